The third kappa shape index (κ3) is 3.94. The standard InChI is InChI=1S/C45H29NO2/c1-28-13-5-8-18-32(28)34-21-11-22-36-37-23-12-24-40(45(37)48-43(34)36)46(31-16-3-2-4-17-31)41-27-39-38-25-29-14-6-7-15-30(29)26-42(38)47-44(39)35-20-10-9-19-33(35)41/h2-27H,1H3. The van der Waals surface area contributed by atoms with Gasteiger partial charge in [-0.25, -0.2) is 0 Å². The van der Waals surface area contributed by atoms with Gasteiger partial charge in [-0.15, -0.1) is 0 Å². The summed E-state index contributed by atoms with van der Waals surface area (Å²) in [6.45, 7) is 2.16. The van der Waals surface area contributed by atoms with Crippen LogP contribution in [0.2, 0.25) is 0 Å². The zero-order valence-electron chi connectivity index (χ0n) is 26.3. The van der Waals surface area contributed by atoms with Gasteiger partial charge in [0.05, 0.1) is 11.4 Å². The van der Waals surface area contributed by atoms with Gasteiger partial charge in [0.15, 0.2) is 5.58 Å². The van der Waals surface area contributed by atoms with E-state index in [1.807, 2.05) is 0 Å². The van der Waals surface area contributed by atoms with Gasteiger partial charge in [-0.05, 0) is 65.2 Å². The number of anilines is 3. The summed E-state index contributed by atoms with van der Waals surface area (Å²) in [4.78, 5) is 2.35. The first-order valence-corrected chi connectivity index (χ1v) is 16.4. The Morgan fingerprint density at radius 2 is 1.02 bits per heavy atom. The minimum atomic E-state index is 0.851. The van der Waals surface area contributed by atoms with Gasteiger partial charge in [0, 0.05) is 43.6 Å². The molecule has 3 heteroatoms. The summed E-state index contributed by atoms with van der Waals surface area (Å²) in [7, 11) is 0. The lowest BCUT2D eigenvalue weighted by atomic mass is 9.98. The van der Waals surface area contributed by atoms with Crippen LogP contribution in [0.15, 0.2) is 167 Å². The first-order valence-electron chi connectivity index (χ1n) is 16.4. The summed E-state index contributed by atoms with van der Waals surface area (Å²) in [5.41, 5.74) is 10.1. The van der Waals surface area contributed by atoms with Gasteiger partial charge in [0.25, 0.3) is 0 Å². The van der Waals surface area contributed by atoms with Gasteiger partial charge < -0.3 is 13.7 Å². The molecule has 0 aliphatic rings. The normalized spacial score (nSPS) is 11.9. The molecule has 0 saturated carbocycles. The minimum absolute atomic E-state index is 0.851. The van der Waals surface area contributed by atoms with Crippen LogP contribution < -0.4 is 4.90 Å². The molecule has 0 spiro atoms. The van der Waals surface area contributed by atoms with Crippen molar-refractivity contribution >= 4 is 82.5 Å². The van der Waals surface area contributed by atoms with Crippen LogP contribution in [0.5, 0.6) is 0 Å². The van der Waals surface area contributed by atoms with Gasteiger partial charge in [0.2, 0.25) is 0 Å². The summed E-state index contributed by atoms with van der Waals surface area (Å²) in [5, 5.41) is 8.92. The number of fused-ring (bicyclic) bond motifs is 9. The van der Waals surface area contributed by atoms with E-state index in [1.165, 1.54) is 21.9 Å². The first-order chi connectivity index (χ1) is 23.7. The van der Waals surface area contributed by atoms with Crippen molar-refractivity contribution in [3.63, 3.8) is 0 Å². The maximum absolute atomic E-state index is 6.99. The largest absolute Gasteiger partial charge is 0.455 e. The number of aryl methyl sites for hydroxylation is 1. The molecule has 10 rings (SSSR count). The number of hydrogen-bond donors (Lipinski definition) is 0. The summed E-state index contributed by atoms with van der Waals surface area (Å²) in [6.07, 6.45) is 0. The molecule has 0 N–H and O–H groups in total. The number of benzene rings is 8. The lowest BCUT2D eigenvalue weighted by Crippen LogP contribution is -2.10. The van der Waals surface area contributed by atoms with Crippen molar-refractivity contribution in [2.45, 2.75) is 6.92 Å². The van der Waals surface area contributed by atoms with Crippen LogP contribution in [0.25, 0.3) is 76.5 Å². The Morgan fingerprint density at radius 1 is 0.396 bits per heavy atom. The van der Waals surface area contributed by atoms with Crippen LogP contribution in [0.3, 0.4) is 0 Å². The number of nitrogens with zero attached hydrogens (tertiary/aromatic N) is 1. The molecule has 0 unspecified atom stereocenters. The van der Waals surface area contributed by atoms with Crippen LogP contribution in [0.4, 0.5) is 17.1 Å². The quantitative estimate of drug-likeness (QED) is 0.197. The predicted molar refractivity (Wildman–Crippen MR) is 201 cm³/mol. The van der Waals surface area contributed by atoms with Crippen molar-refractivity contribution in [3.8, 4) is 11.1 Å². The van der Waals surface area contributed by atoms with Crippen molar-refractivity contribution in [1.29, 1.82) is 0 Å². The molecule has 0 atom stereocenters. The van der Waals surface area contributed by atoms with Crippen molar-refractivity contribution in [1.82, 2.24) is 0 Å². The molecule has 0 radical (unpaired) electrons. The summed E-state index contributed by atoms with van der Waals surface area (Å²) < 4.78 is 13.6. The summed E-state index contributed by atoms with van der Waals surface area (Å²) in [6, 6.07) is 55.8. The first kappa shape index (κ1) is 26.9. The van der Waals surface area contributed by atoms with Gasteiger partial charge in [-0.1, -0.05) is 121 Å². The average molecular weight is 616 g/mol. The van der Waals surface area contributed by atoms with Gasteiger partial charge in [0.1, 0.15) is 16.7 Å². The molecule has 48 heavy (non-hydrogen) atoms. The van der Waals surface area contributed by atoms with E-state index in [0.717, 1.165) is 77.3 Å². The molecular formula is C45H29NO2. The van der Waals surface area contributed by atoms with E-state index in [2.05, 4.69) is 170 Å². The van der Waals surface area contributed by atoms with Crippen LogP contribution in [-0.4, -0.2) is 0 Å². The fourth-order valence-electron chi connectivity index (χ4n) is 7.50. The maximum atomic E-state index is 6.99. The second kappa shape index (κ2) is 10.3. The molecule has 0 saturated heterocycles. The van der Waals surface area contributed by atoms with Crippen molar-refractivity contribution in [2.24, 2.45) is 0 Å². The van der Waals surface area contributed by atoms with Crippen molar-refractivity contribution in [2.75, 3.05) is 4.90 Å². The Kier molecular flexibility index (Phi) is 5.79. The molecule has 3 nitrogen and oxygen atoms in total. The van der Waals surface area contributed by atoms with Crippen molar-refractivity contribution < 1.29 is 8.83 Å². The van der Waals surface area contributed by atoms with Crippen LogP contribution >= 0.6 is 0 Å². The van der Waals surface area contributed by atoms with Crippen molar-refractivity contribution in [3.05, 3.63) is 163 Å². The summed E-state index contributed by atoms with van der Waals surface area (Å²) in [5.74, 6) is 0. The van der Waals surface area contributed by atoms with E-state index >= 15 is 0 Å². The fraction of sp³-hybridized carbons (Fsp3) is 0.0222. The SMILES string of the molecule is Cc1ccccc1-c1cccc2c1oc1c(N(c3ccccc3)c3cc4c5cc6ccccc6cc5oc4c4ccccc34)cccc12. The Morgan fingerprint density at radius 3 is 1.85 bits per heavy atom. The molecule has 0 aliphatic heterocycles. The van der Waals surface area contributed by atoms with Crippen LogP contribution in [0.1, 0.15) is 5.56 Å². The molecule has 0 amide bonds. The highest BCUT2D eigenvalue weighted by molar-refractivity contribution is 6.22. The molecule has 2 heterocycles. The molecule has 10 aromatic rings. The lowest BCUT2D eigenvalue weighted by molar-refractivity contribution is 0.670. The van der Waals surface area contributed by atoms with Gasteiger partial charge in [-0.2, -0.15) is 0 Å². The number of furan rings is 2. The second-order valence-corrected chi connectivity index (χ2v) is 12.5. The number of hydrogen-bond acceptors (Lipinski definition) is 3. The van der Waals surface area contributed by atoms with E-state index in [0.29, 0.717) is 0 Å². The highest BCUT2D eigenvalue weighted by Crippen LogP contribution is 2.48. The molecule has 226 valence electrons. The second-order valence-electron chi connectivity index (χ2n) is 12.5. The Bertz CT molecular complexity index is 2860. The Balaban J connectivity index is 1.30. The molecule has 8 aromatic carbocycles. The topological polar surface area (TPSA) is 29.5 Å². The predicted octanol–water partition coefficient (Wildman–Crippen LogP) is 13.2. The highest BCUT2D eigenvalue weighted by Gasteiger charge is 2.24. The molecule has 0 bridgehead atoms. The Hall–Kier alpha value is -6.32. The van der Waals surface area contributed by atoms with Crippen LogP contribution in [0, 0.1) is 6.92 Å². The van der Waals surface area contributed by atoms with E-state index in [4.69, 9.17) is 8.83 Å². The highest BCUT2D eigenvalue weighted by atomic mass is 16.3. The lowest BCUT2D eigenvalue weighted by Gasteiger charge is -2.27. The van der Waals surface area contributed by atoms with E-state index in [-0.39, 0.29) is 0 Å². The molecule has 0 fully saturated rings. The van der Waals surface area contributed by atoms with E-state index in [9.17, 15) is 0 Å². The monoisotopic (exact) mass is 615 g/mol. The third-order valence-electron chi connectivity index (χ3n) is 9.76. The molecular weight excluding hydrogens is 587 g/mol. The van der Waals surface area contributed by atoms with Gasteiger partial charge in [-0.3, -0.25) is 0 Å². The van der Waals surface area contributed by atoms with Crippen LogP contribution in [-0.2, 0) is 0 Å². The zero-order chi connectivity index (χ0) is 31.8. The minimum Gasteiger partial charge on any atom is -0.455 e. The third-order valence-corrected chi connectivity index (χ3v) is 9.76. The van der Waals surface area contributed by atoms with Gasteiger partial charge >= 0.3 is 0 Å². The van der Waals surface area contributed by atoms with E-state index in [1.54, 1.807) is 0 Å². The zero-order valence-corrected chi connectivity index (χ0v) is 26.3. The Labute approximate surface area is 276 Å². The maximum Gasteiger partial charge on any atom is 0.159 e. The number of para-hydroxylation sites is 3. The number of rotatable bonds is 4. The fourth-order valence-corrected chi connectivity index (χ4v) is 7.50. The van der Waals surface area contributed by atoms with E-state index < -0.39 is 0 Å². The summed E-state index contributed by atoms with van der Waals surface area (Å²) >= 11 is 0. The average Bonchev–Trinajstić information content (AvgIpc) is 3.70. The smallest absolute Gasteiger partial charge is 0.159 e. The molecule has 0 aliphatic carbocycles. The molecule has 2 aromatic heterocycles.